The molecule has 58 heavy (non-hydrogen) atoms. The molecule has 0 fully saturated rings. The van der Waals surface area contributed by atoms with Crippen molar-refractivity contribution in [3.63, 3.8) is 0 Å². The van der Waals surface area contributed by atoms with E-state index in [1.165, 1.54) is 50.1 Å². The van der Waals surface area contributed by atoms with Crippen LogP contribution in [0.4, 0.5) is 0 Å². The molecule has 2 atom stereocenters. The van der Waals surface area contributed by atoms with Crippen molar-refractivity contribution in [1.29, 1.82) is 0 Å². The number of imidazole rings is 1. The van der Waals surface area contributed by atoms with Crippen LogP contribution in [0, 0.1) is 0 Å². The highest BCUT2D eigenvalue weighted by atomic mass is 15.1. The summed E-state index contributed by atoms with van der Waals surface area (Å²) in [6, 6.07) is 71.9. The van der Waals surface area contributed by atoms with Crippen LogP contribution in [0.5, 0.6) is 0 Å². The second kappa shape index (κ2) is 12.7. The van der Waals surface area contributed by atoms with Gasteiger partial charge in [0, 0.05) is 16.7 Å². The van der Waals surface area contributed by atoms with Crippen molar-refractivity contribution in [2.24, 2.45) is 4.99 Å². The largest absolute Gasteiger partial charge is 0.359 e. The monoisotopic (exact) mass is 740 g/mol. The number of aromatic nitrogens is 2. The summed E-state index contributed by atoms with van der Waals surface area (Å²) in [6.07, 6.45) is 2.30. The second-order valence-electron chi connectivity index (χ2n) is 15.3. The van der Waals surface area contributed by atoms with Gasteiger partial charge in [0.15, 0.2) is 0 Å². The van der Waals surface area contributed by atoms with E-state index in [1.54, 1.807) is 0 Å². The second-order valence-corrected chi connectivity index (χ2v) is 15.3. The van der Waals surface area contributed by atoms with E-state index in [9.17, 15) is 0 Å². The normalized spacial score (nSPS) is 17.2. The van der Waals surface area contributed by atoms with Gasteiger partial charge in [0.25, 0.3) is 0 Å². The van der Waals surface area contributed by atoms with E-state index in [1.807, 2.05) is 0 Å². The topological polar surface area (TPSA) is 42.2 Å². The fourth-order valence-electron chi connectivity index (χ4n) is 9.82. The molecule has 0 amide bonds. The zero-order valence-electron chi connectivity index (χ0n) is 31.5. The molecular formula is C54H36N4. The van der Waals surface area contributed by atoms with Crippen molar-refractivity contribution in [2.75, 3.05) is 0 Å². The van der Waals surface area contributed by atoms with Gasteiger partial charge in [0.05, 0.1) is 33.9 Å². The van der Waals surface area contributed by atoms with Crippen LogP contribution in [0.1, 0.15) is 45.0 Å². The number of nitrogens with zero attached hydrogens (tertiary/aromatic N) is 3. The average molecular weight is 741 g/mol. The van der Waals surface area contributed by atoms with E-state index in [0.717, 1.165) is 50.8 Å². The van der Waals surface area contributed by atoms with E-state index in [-0.39, 0.29) is 6.04 Å². The minimum atomic E-state index is -0.575. The molecule has 2 unspecified atom stereocenters. The van der Waals surface area contributed by atoms with Gasteiger partial charge in [-0.2, -0.15) is 0 Å². The molecule has 272 valence electrons. The van der Waals surface area contributed by atoms with E-state index in [2.05, 4.69) is 216 Å². The highest BCUT2D eigenvalue weighted by Gasteiger charge is 2.51. The zero-order chi connectivity index (χ0) is 38.2. The minimum Gasteiger partial charge on any atom is -0.359 e. The lowest BCUT2D eigenvalue weighted by atomic mass is 9.65. The molecule has 1 spiro atoms. The molecule has 1 aromatic heterocycles. The molecule has 1 N–H and O–H groups in total. The zero-order valence-corrected chi connectivity index (χ0v) is 31.5. The van der Waals surface area contributed by atoms with Crippen LogP contribution >= 0.6 is 0 Å². The van der Waals surface area contributed by atoms with Crippen molar-refractivity contribution in [3.05, 3.63) is 245 Å². The van der Waals surface area contributed by atoms with Crippen LogP contribution in [-0.2, 0) is 5.41 Å². The first-order valence-corrected chi connectivity index (χ1v) is 20.0. The van der Waals surface area contributed by atoms with Crippen LogP contribution in [0.25, 0.3) is 56.1 Å². The van der Waals surface area contributed by atoms with Crippen LogP contribution in [-0.4, -0.2) is 15.4 Å². The Balaban J connectivity index is 1.10. The smallest absolute Gasteiger partial charge is 0.145 e. The Morgan fingerprint density at radius 2 is 1.05 bits per heavy atom. The predicted molar refractivity (Wildman–Crippen MR) is 236 cm³/mol. The van der Waals surface area contributed by atoms with Gasteiger partial charge in [-0.1, -0.05) is 188 Å². The maximum atomic E-state index is 5.49. The molecule has 1 aliphatic carbocycles. The van der Waals surface area contributed by atoms with Gasteiger partial charge in [-0.05, 0) is 68.3 Å². The summed E-state index contributed by atoms with van der Waals surface area (Å²) >= 11 is 0. The molecule has 4 heteroatoms. The number of rotatable bonds is 5. The molecule has 0 bridgehead atoms. The number of amidine groups is 1. The predicted octanol–water partition coefficient (Wildman–Crippen LogP) is 12.2. The molecule has 8 aromatic carbocycles. The highest BCUT2D eigenvalue weighted by molar-refractivity contribution is 6.06. The maximum Gasteiger partial charge on any atom is 0.145 e. The maximum absolute atomic E-state index is 5.49. The third kappa shape index (κ3) is 4.69. The number of hydrogen-bond acceptors (Lipinski definition) is 3. The summed E-state index contributed by atoms with van der Waals surface area (Å²) in [5.74, 6) is 1.81. The molecule has 3 aliphatic rings. The number of fused-ring (bicyclic) bond motifs is 9. The fraction of sp³-hybridized carbons (Fsp3) is 0.0370. The first kappa shape index (κ1) is 32.7. The van der Waals surface area contributed by atoms with Crippen LogP contribution in [0.2, 0.25) is 0 Å². The standard InChI is InChI=1S/C54H36N4/c1-4-16-35(17-5-1)36-30-32-38(33-31-36)52-55-47(37-18-6-2-7-19-37)34-48(56-52)41-23-14-26-44-50(41)40-22-10-11-24-42(40)54(44)43-25-12-13-29-49(43)58-51-45(54)27-15-28-46(51)57-53(58)39-20-8-3-9-21-39/h1-34,47H,(H,55,56). The molecule has 4 nitrogen and oxygen atoms in total. The quantitative estimate of drug-likeness (QED) is 0.191. The van der Waals surface area contributed by atoms with Crippen molar-refractivity contribution >= 4 is 22.6 Å². The van der Waals surface area contributed by atoms with Gasteiger partial charge < -0.3 is 5.32 Å². The molecule has 3 heterocycles. The summed E-state index contributed by atoms with van der Waals surface area (Å²) in [7, 11) is 0. The van der Waals surface area contributed by atoms with Crippen molar-refractivity contribution in [3.8, 4) is 39.3 Å². The van der Waals surface area contributed by atoms with Crippen LogP contribution in [0.3, 0.4) is 0 Å². The third-order valence-electron chi connectivity index (χ3n) is 12.3. The number of hydrogen-bond donors (Lipinski definition) is 1. The first-order chi connectivity index (χ1) is 28.8. The van der Waals surface area contributed by atoms with Crippen molar-refractivity contribution in [2.45, 2.75) is 11.5 Å². The van der Waals surface area contributed by atoms with Crippen LogP contribution < -0.4 is 5.32 Å². The SMILES string of the molecule is C1=C(c2cccc3c2-c2ccccc2C32c3ccccc3-n3c(-c4ccccc4)nc4cccc2c43)N=C(c2ccc(-c3ccccc3)cc2)NC1c1ccccc1. The van der Waals surface area contributed by atoms with E-state index in [4.69, 9.17) is 9.98 Å². The van der Waals surface area contributed by atoms with Gasteiger partial charge in [-0.3, -0.25) is 4.57 Å². The number of para-hydroxylation sites is 2. The van der Waals surface area contributed by atoms with E-state index in [0.29, 0.717) is 0 Å². The summed E-state index contributed by atoms with van der Waals surface area (Å²) in [5.41, 5.74) is 18.0. The number of aliphatic imine (C=N–C) groups is 1. The Kier molecular flexibility index (Phi) is 7.17. The lowest BCUT2D eigenvalue weighted by Crippen LogP contribution is -2.33. The van der Waals surface area contributed by atoms with Crippen molar-refractivity contribution in [1.82, 2.24) is 14.9 Å². The Hall–Kier alpha value is -7.56. The van der Waals surface area contributed by atoms with E-state index < -0.39 is 5.41 Å². The number of nitrogens with one attached hydrogen (secondary N) is 1. The molecule has 9 aromatic rings. The molecule has 12 rings (SSSR count). The fourth-order valence-corrected chi connectivity index (χ4v) is 9.82. The lowest BCUT2D eigenvalue weighted by molar-refractivity contribution is 0.745. The third-order valence-corrected chi connectivity index (χ3v) is 12.3. The Morgan fingerprint density at radius 1 is 0.466 bits per heavy atom. The van der Waals surface area contributed by atoms with Gasteiger partial charge in [0.2, 0.25) is 0 Å². The van der Waals surface area contributed by atoms with Gasteiger partial charge >= 0.3 is 0 Å². The first-order valence-electron chi connectivity index (χ1n) is 20.0. The molecule has 2 aliphatic heterocycles. The Labute approximate surface area is 337 Å². The summed E-state index contributed by atoms with van der Waals surface area (Å²) in [4.78, 5) is 10.8. The molecular weight excluding hydrogens is 705 g/mol. The lowest BCUT2D eigenvalue weighted by Gasteiger charge is -2.39. The summed E-state index contributed by atoms with van der Waals surface area (Å²) in [5, 5.41) is 3.81. The summed E-state index contributed by atoms with van der Waals surface area (Å²) < 4.78 is 2.39. The van der Waals surface area contributed by atoms with Crippen LogP contribution in [0.15, 0.2) is 211 Å². The van der Waals surface area contributed by atoms with Gasteiger partial charge in [0.1, 0.15) is 11.7 Å². The highest BCUT2D eigenvalue weighted by Crippen LogP contribution is 2.61. The molecule has 0 saturated heterocycles. The number of benzene rings is 8. The minimum absolute atomic E-state index is 0.0751. The molecule has 0 radical (unpaired) electrons. The van der Waals surface area contributed by atoms with Gasteiger partial charge in [-0.25, -0.2) is 9.98 Å². The van der Waals surface area contributed by atoms with E-state index >= 15 is 0 Å². The van der Waals surface area contributed by atoms with Gasteiger partial charge in [-0.15, -0.1) is 0 Å². The average Bonchev–Trinajstić information content (AvgIpc) is 3.84. The Morgan fingerprint density at radius 3 is 1.84 bits per heavy atom. The summed E-state index contributed by atoms with van der Waals surface area (Å²) in [6.45, 7) is 0. The molecule has 0 saturated carbocycles. The Bertz CT molecular complexity index is 3120. The van der Waals surface area contributed by atoms with Crippen molar-refractivity contribution < 1.29 is 0 Å².